The molecule has 0 unspecified atom stereocenters. The summed E-state index contributed by atoms with van der Waals surface area (Å²) in [5.74, 6) is 1.44. The Bertz CT molecular complexity index is 808. The summed E-state index contributed by atoms with van der Waals surface area (Å²) in [4.78, 5) is 11.9. The number of benzene rings is 1. The third kappa shape index (κ3) is 3.87. The molecule has 0 saturated heterocycles. The van der Waals surface area contributed by atoms with Crippen LogP contribution in [0.2, 0.25) is 0 Å². The Balaban J connectivity index is 1.56. The number of anilines is 1. The summed E-state index contributed by atoms with van der Waals surface area (Å²) in [7, 11) is 0. The molecule has 3 aromatic rings. The van der Waals surface area contributed by atoms with Gasteiger partial charge in [0.15, 0.2) is 0 Å². The maximum atomic E-state index is 11.9. The van der Waals surface area contributed by atoms with Crippen LogP contribution in [0.4, 0.5) is 5.69 Å². The van der Waals surface area contributed by atoms with E-state index in [1.54, 1.807) is 12.3 Å². The summed E-state index contributed by atoms with van der Waals surface area (Å²) >= 11 is 3.35. The highest BCUT2D eigenvalue weighted by atomic mass is 79.9. The molecule has 0 aliphatic carbocycles. The minimum Gasteiger partial charge on any atom is -0.469 e. The molecular weight excluding hydrogens is 362 g/mol. The second-order valence-electron chi connectivity index (χ2n) is 4.95. The third-order valence-corrected chi connectivity index (χ3v) is 3.78. The molecule has 0 saturated carbocycles. The van der Waals surface area contributed by atoms with Crippen molar-refractivity contribution in [3.05, 3.63) is 52.7 Å². The van der Waals surface area contributed by atoms with Gasteiger partial charge < -0.3 is 14.2 Å². The number of amides is 1. The van der Waals surface area contributed by atoms with Crippen molar-refractivity contribution in [1.82, 2.24) is 10.2 Å². The smallest absolute Gasteiger partial charge is 0.251 e. The Hall–Kier alpha value is -2.41. The van der Waals surface area contributed by atoms with Gasteiger partial charge in [0, 0.05) is 23.0 Å². The topological polar surface area (TPSA) is 81.2 Å². The van der Waals surface area contributed by atoms with Gasteiger partial charge in [-0.3, -0.25) is 4.79 Å². The van der Waals surface area contributed by atoms with E-state index < -0.39 is 0 Å². The molecule has 118 valence electrons. The van der Waals surface area contributed by atoms with Crippen LogP contribution in [0, 0.1) is 6.92 Å². The Morgan fingerprint density at radius 1 is 1.22 bits per heavy atom. The van der Waals surface area contributed by atoms with Crippen molar-refractivity contribution in [2.45, 2.75) is 19.8 Å². The Morgan fingerprint density at radius 3 is 2.70 bits per heavy atom. The van der Waals surface area contributed by atoms with E-state index in [1.807, 2.05) is 31.2 Å². The Kier molecular flexibility index (Phi) is 4.57. The lowest BCUT2D eigenvalue weighted by molar-refractivity contribution is -0.116. The number of carbonyl (C=O) groups excluding carboxylic acids is 1. The van der Waals surface area contributed by atoms with Gasteiger partial charge in [0.05, 0.1) is 11.8 Å². The maximum absolute atomic E-state index is 11.9. The molecule has 7 heteroatoms. The van der Waals surface area contributed by atoms with Crippen molar-refractivity contribution in [3.63, 3.8) is 0 Å². The average molecular weight is 376 g/mol. The zero-order chi connectivity index (χ0) is 16.2. The molecule has 2 heterocycles. The zero-order valence-corrected chi connectivity index (χ0v) is 14.0. The van der Waals surface area contributed by atoms with E-state index in [9.17, 15) is 4.79 Å². The third-order valence-electron chi connectivity index (χ3n) is 3.25. The fourth-order valence-electron chi connectivity index (χ4n) is 2.05. The van der Waals surface area contributed by atoms with Crippen LogP contribution in [-0.2, 0) is 11.2 Å². The summed E-state index contributed by atoms with van der Waals surface area (Å²) in [6.07, 6.45) is 2.22. The zero-order valence-electron chi connectivity index (χ0n) is 12.4. The van der Waals surface area contributed by atoms with Crippen LogP contribution in [0.15, 0.2) is 49.9 Å². The van der Waals surface area contributed by atoms with Gasteiger partial charge in [0.2, 0.25) is 11.8 Å². The average Bonchev–Trinajstić information content (AvgIpc) is 3.16. The van der Waals surface area contributed by atoms with E-state index in [4.69, 9.17) is 8.83 Å². The quantitative estimate of drug-likeness (QED) is 0.729. The van der Waals surface area contributed by atoms with Crippen LogP contribution in [0.5, 0.6) is 0 Å². The molecule has 0 aliphatic heterocycles. The van der Waals surface area contributed by atoms with E-state index in [1.165, 1.54) is 0 Å². The number of aryl methyl sites for hydroxylation is 2. The maximum Gasteiger partial charge on any atom is 0.251 e. The van der Waals surface area contributed by atoms with E-state index in [2.05, 4.69) is 31.4 Å². The van der Waals surface area contributed by atoms with Gasteiger partial charge in [-0.15, -0.1) is 10.2 Å². The summed E-state index contributed by atoms with van der Waals surface area (Å²) in [6.45, 7) is 1.82. The van der Waals surface area contributed by atoms with Crippen LogP contribution in [0.1, 0.15) is 18.1 Å². The fraction of sp³-hybridized carbons (Fsp3) is 0.188. The largest absolute Gasteiger partial charge is 0.469 e. The van der Waals surface area contributed by atoms with Gasteiger partial charge in [-0.1, -0.05) is 15.9 Å². The highest BCUT2D eigenvalue weighted by Gasteiger charge is 2.13. The molecule has 1 N–H and O–H groups in total. The molecule has 23 heavy (non-hydrogen) atoms. The molecule has 0 bridgehead atoms. The molecule has 3 rings (SSSR count). The van der Waals surface area contributed by atoms with Gasteiger partial charge in [-0.2, -0.15) is 0 Å². The SMILES string of the molecule is Cc1occc1-c1nnc(CCC(=O)Nc2ccc(Br)cc2)o1. The molecular formula is C16H14BrN3O3. The van der Waals surface area contributed by atoms with Gasteiger partial charge in [-0.05, 0) is 37.3 Å². The van der Waals surface area contributed by atoms with Gasteiger partial charge >= 0.3 is 0 Å². The van der Waals surface area contributed by atoms with Crippen LogP contribution < -0.4 is 5.32 Å². The first-order valence-corrected chi connectivity index (χ1v) is 7.83. The lowest BCUT2D eigenvalue weighted by Gasteiger charge is -2.03. The van der Waals surface area contributed by atoms with Crippen LogP contribution >= 0.6 is 15.9 Å². The predicted octanol–water partition coefficient (Wildman–Crippen LogP) is 3.97. The molecule has 0 atom stereocenters. The van der Waals surface area contributed by atoms with Crippen molar-refractivity contribution >= 4 is 27.5 Å². The summed E-state index contributed by atoms with van der Waals surface area (Å²) < 4.78 is 11.7. The number of halogens is 1. The first-order chi connectivity index (χ1) is 11.1. The number of hydrogen-bond acceptors (Lipinski definition) is 5. The number of hydrogen-bond donors (Lipinski definition) is 1. The standard InChI is InChI=1S/C16H14BrN3O3/c1-10-13(8-9-22-10)16-20-19-15(23-16)7-6-14(21)18-12-4-2-11(17)3-5-12/h2-5,8-9H,6-7H2,1H3,(H,18,21). The van der Waals surface area contributed by atoms with Gasteiger partial charge in [0.1, 0.15) is 5.76 Å². The molecule has 0 aliphatic rings. The fourth-order valence-corrected chi connectivity index (χ4v) is 2.31. The van der Waals surface area contributed by atoms with Crippen molar-refractivity contribution in [1.29, 1.82) is 0 Å². The molecule has 6 nitrogen and oxygen atoms in total. The minimum absolute atomic E-state index is 0.105. The number of nitrogens with zero attached hydrogens (tertiary/aromatic N) is 2. The van der Waals surface area contributed by atoms with E-state index >= 15 is 0 Å². The van der Waals surface area contributed by atoms with Crippen molar-refractivity contribution < 1.29 is 13.6 Å². The lowest BCUT2D eigenvalue weighted by Crippen LogP contribution is -2.12. The van der Waals surface area contributed by atoms with Crippen molar-refractivity contribution in [2.24, 2.45) is 0 Å². The van der Waals surface area contributed by atoms with Crippen LogP contribution in [0.25, 0.3) is 11.5 Å². The molecule has 0 spiro atoms. The lowest BCUT2D eigenvalue weighted by atomic mass is 10.2. The van der Waals surface area contributed by atoms with Gasteiger partial charge in [0.25, 0.3) is 5.89 Å². The van der Waals surface area contributed by atoms with Crippen molar-refractivity contribution in [2.75, 3.05) is 5.32 Å². The molecule has 1 aromatic carbocycles. The highest BCUT2D eigenvalue weighted by molar-refractivity contribution is 9.10. The second-order valence-corrected chi connectivity index (χ2v) is 5.86. The van der Waals surface area contributed by atoms with E-state index in [0.717, 1.165) is 15.7 Å². The summed E-state index contributed by atoms with van der Waals surface area (Å²) in [6, 6.07) is 9.16. The Labute approximate surface area is 141 Å². The Morgan fingerprint density at radius 2 is 2.00 bits per heavy atom. The van der Waals surface area contributed by atoms with E-state index in [-0.39, 0.29) is 12.3 Å². The van der Waals surface area contributed by atoms with Gasteiger partial charge in [-0.25, -0.2) is 0 Å². The molecule has 1 amide bonds. The van der Waals surface area contributed by atoms with Crippen molar-refractivity contribution in [3.8, 4) is 11.5 Å². The molecule has 0 fully saturated rings. The normalized spacial score (nSPS) is 10.7. The number of aromatic nitrogens is 2. The number of rotatable bonds is 5. The summed E-state index contributed by atoms with van der Waals surface area (Å²) in [5, 5.41) is 10.8. The van der Waals surface area contributed by atoms with E-state index in [0.29, 0.717) is 24.0 Å². The highest BCUT2D eigenvalue weighted by Crippen LogP contribution is 2.23. The first-order valence-electron chi connectivity index (χ1n) is 7.04. The first kappa shape index (κ1) is 15.5. The predicted molar refractivity (Wildman–Crippen MR) is 87.8 cm³/mol. The molecule has 0 radical (unpaired) electrons. The van der Waals surface area contributed by atoms with Crippen LogP contribution in [-0.4, -0.2) is 16.1 Å². The number of nitrogens with one attached hydrogen (secondary N) is 1. The second kappa shape index (κ2) is 6.78. The summed E-state index contributed by atoms with van der Waals surface area (Å²) in [5.41, 5.74) is 1.52. The number of furan rings is 1. The van der Waals surface area contributed by atoms with Crippen LogP contribution in [0.3, 0.4) is 0 Å². The minimum atomic E-state index is -0.105. The monoisotopic (exact) mass is 375 g/mol. The molecule has 2 aromatic heterocycles. The number of carbonyl (C=O) groups is 1.